The van der Waals surface area contributed by atoms with Gasteiger partial charge in [0.05, 0.1) is 7.11 Å². The summed E-state index contributed by atoms with van der Waals surface area (Å²) in [6.07, 6.45) is 4.53. The maximum absolute atomic E-state index is 12.4. The topological polar surface area (TPSA) is 144 Å². The van der Waals surface area contributed by atoms with Crippen LogP contribution in [0.25, 0.3) is 0 Å². The van der Waals surface area contributed by atoms with Gasteiger partial charge in [0.25, 0.3) is 6.29 Å². The number of benzene rings is 1. The molecule has 0 bridgehead atoms. The van der Waals surface area contributed by atoms with Crippen LogP contribution in [0.3, 0.4) is 0 Å². The smallest absolute Gasteiger partial charge is 0.413 e. The Morgan fingerprint density at radius 1 is 1.24 bits per heavy atom. The Morgan fingerprint density at radius 2 is 1.91 bits per heavy atom. The predicted molar refractivity (Wildman–Crippen MR) is 127 cm³/mol. The van der Waals surface area contributed by atoms with Gasteiger partial charge in [-0.05, 0) is 56.2 Å². The quantitative estimate of drug-likeness (QED) is 0.202. The molecule has 10 heteroatoms. The summed E-state index contributed by atoms with van der Waals surface area (Å²) in [6, 6.07) is 6.31. The molecule has 3 rings (SSSR count). The van der Waals surface area contributed by atoms with Crippen LogP contribution < -0.4 is 16.2 Å². The summed E-state index contributed by atoms with van der Waals surface area (Å²) in [5.74, 6) is 0.944. The number of esters is 1. The summed E-state index contributed by atoms with van der Waals surface area (Å²) < 4.78 is 16.0. The van der Waals surface area contributed by atoms with Crippen LogP contribution in [0.5, 0.6) is 5.75 Å². The first kappa shape index (κ1) is 25.6. The van der Waals surface area contributed by atoms with Gasteiger partial charge in [-0.3, -0.25) is 15.1 Å². The lowest BCUT2D eigenvalue weighted by atomic mass is 9.91. The second-order valence-electron chi connectivity index (χ2n) is 9.09. The third-order valence-electron chi connectivity index (χ3n) is 6.69. The van der Waals surface area contributed by atoms with Crippen LogP contribution in [0.15, 0.2) is 24.3 Å². The summed E-state index contributed by atoms with van der Waals surface area (Å²) >= 11 is 0. The fourth-order valence-electron chi connectivity index (χ4n) is 4.50. The summed E-state index contributed by atoms with van der Waals surface area (Å²) in [7, 11) is 1.31. The molecule has 0 aromatic heterocycles. The molecule has 0 spiro atoms. The van der Waals surface area contributed by atoms with Crippen molar-refractivity contribution in [2.45, 2.75) is 63.8 Å². The van der Waals surface area contributed by atoms with E-state index in [1.54, 1.807) is 17.0 Å². The fourth-order valence-corrected chi connectivity index (χ4v) is 4.50. The molecule has 2 aliphatic heterocycles. The summed E-state index contributed by atoms with van der Waals surface area (Å²) in [5.41, 5.74) is 12.2. The number of likely N-dealkylation sites (tertiary alicyclic amines) is 1. The Kier molecular flexibility index (Phi) is 8.98. The fraction of sp³-hybridized carbons (Fsp3) is 0.625. The van der Waals surface area contributed by atoms with Crippen LogP contribution in [0.4, 0.5) is 4.79 Å². The third kappa shape index (κ3) is 6.75. The van der Waals surface area contributed by atoms with Gasteiger partial charge < -0.3 is 30.6 Å². The van der Waals surface area contributed by atoms with Gasteiger partial charge in [-0.15, -0.1) is 0 Å². The average molecular weight is 476 g/mol. The number of piperidine rings is 1. The standard InChI is InChI=1S/C24H37N5O5/c1-16-22(33-19-8-6-18(7-9-19)15-20(25)21(30)32-2)34-24(31)29(16)12-4-3-5-17-10-13-28(14-11-17)23(26)27/h6-9,16-17,20,22H,3-5,10-15,25H2,1-2H3,(H3,26,27). The van der Waals surface area contributed by atoms with Crippen molar-refractivity contribution in [2.75, 3.05) is 26.7 Å². The molecule has 0 saturated carbocycles. The number of amides is 1. The molecular weight excluding hydrogens is 438 g/mol. The largest absolute Gasteiger partial charge is 0.468 e. The zero-order valence-corrected chi connectivity index (χ0v) is 20.1. The highest BCUT2D eigenvalue weighted by Gasteiger charge is 2.40. The Labute approximate surface area is 201 Å². The second kappa shape index (κ2) is 11.9. The Hall–Kier alpha value is -3.01. The number of carbonyl (C=O) groups is 2. The molecule has 1 aromatic rings. The molecule has 188 valence electrons. The van der Waals surface area contributed by atoms with E-state index < -0.39 is 18.3 Å². The third-order valence-corrected chi connectivity index (χ3v) is 6.69. The van der Waals surface area contributed by atoms with E-state index in [0.717, 1.165) is 50.8 Å². The molecule has 0 radical (unpaired) electrons. The number of methoxy groups -OCH3 is 1. The molecule has 2 aliphatic rings. The SMILES string of the molecule is COC(=O)C(N)Cc1ccc(OC2OC(=O)N(CCCCC3CCN(C(=N)N)CC3)C2C)cc1. The number of ether oxygens (including phenoxy) is 3. The molecule has 3 unspecified atom stereocenters. The van der Waals surface area contributed by atoms with Gasteiger partial charge in [-0.25, -0.2) is 4.79 Å². The number of nitrogens with one attached hydrogen (secondary N) is 1. The number of rotatable bonds is 10. The number of nitrogens with two attached hydrogens (primary N) is 2. The highest BCUT2D eigenvalue weighted by Crippen LogP contribution is 2.26. The lowest BCUT2D eigenvalue weighted by Gasteiger charge is -2.32. The normalized spacial score (nSPS) is 21.8. The molecule has 0 aliphatic carbocycles. The lowest BCUT2D eigenvalue weighted by Crippen LogP contribution is -2.42. The number of carbonyl (C=O) groups excluding carboxylic acids is 2. The summed E-state index contributed by atoms with van der Waals surface area (Å²) in [5, 5.41) is 7.52. The van der Waals surface area contributed by atoms with E-state index in [0.29, 0.717) is 24.6 Å². The average Bonchev–Trinajstić information content (AvgIpc) is 3.09. The predicted octanol–water partition coefficient (Wildman–Crippen LogP) is 2.05. The van der Waals surface area contributed by atoms with E-state index >= 15 is 0 Å². The number of unbranched alkanes of at least 4 members (excludes halogenated alkanes) is 1. The first-order chi connectivity index (χ1) is 16.3. The van der Waals surface area contributed by atoms with E-state index in [-0.39, 0.29) is 18.1 Å². The molecule has 3 atom stereocenters. The monoisotopic (exact) mass is 475 g/mol. The summed E-state index contributed by atoms with van der Waals surface area (Å²) in [6.45, 7) is 4.27. The number of hydrogen-bond donors (Lipinski definition) is 3. The first-order valence-electron chi connectivity index (χ1n) is 11.9. The molecule has 1 aromatic carbocycles. The van der Waals surface area contributed by atoms with Crippen molar-refractivity contribution in [1.82, 2.24) is 9.80 Å². The highest BCUT2D eigenvalue weighted by atomic mass is 16.7. The highest BCUT2D eigenvalue weighted by molar-refractivity contribution is 5.75. The van der Waals surface area contributed by atoms with Gasteiger partial charge in [0.15, 0.2) is 5.96 Å². The van der Waals surface area contributed by atoms with Gasteiger partial charge in [0, 0.05) is 19.6 Å². The van der Waals surface area contributed by atoms with Gasteiger partial charge in [0.2, 0.25) is 0 Å². The molecule has 10 nitrogen and oxygen atoms in total. The minimum atomic E-state index is -0.713. The van der Waals surface area contributed by atoms with Crippen molar-refractivity contribution in [3.05, 3.63) is 29.8 Å². The van der Waals surface area contributed by atoms with Crippen molar-refractivity contribution < 1.29 is 23.8 Å². The molecule has 1 amide bonds. The number of nitrogens with zero attached hydrogens (tertiary/aromatic N) is 2. The zero-order valence-electron chi connectivity index (χ0n) is 20.1. The van der Waals surface area contributed by atoms with Crippen LogP contribution in [0, 0.1) is 11.3 Å². The maximum atomic E-state index is 12.4. The minimum Gasteiger partial charge on any atom is -0.468 e. The van der Waals surface area contributed by atoms with Gasteiger partial charge in [-0.2, -0.15) is 0 Å². The van der Waals surface area contributed by atoms with Crippen molar-refractivity contribution in [1.29, 1.82) is 5.41 Å². The zero-order chi connectivity index (χ0) is 24.7. The van der Waals surface area contributed by atoms with E-state index in [9.17, 15) is 9.59 Å². The molecule has 34 heavy (non-hydrogen) atoms. The molecular formula is C24H37N5O5. The number of guanidine groups is 1. The van der Waals surface area contributed by atoms with E-state index in [1.807, 2.05) is 24.0 Å². The van der Waals surface area contributed by atoms with Crippen LogP contribution in [0.1, 0.15) is 44.6 Å². The van der Waals surface area contributed by atoms with Crippen LogP contribution >= 0.6 is 0 Å². The van der Waals surface area contributed by atoms with Gasteiger partial charge in [0.1, 0.15) is 17.8 Å². The maximum Gasteiger partial charge on any atom is 0.413 e. The van der Waals surface area contributed by atoms with Gasteiger partial charge in [-0.1, -0.05) is 25.0 Å². The van der Waals surface area contributed by atoms with Crippen molar-refractivity contribution >= 4 is 18.0 Å². The Bertz CT molecular complexity index is 841. The Balaban J connectivity index is 1.40. The molecule has 5 N–H and O–H groups in total. The second-order valence-corrected chi connectivity index (χ2v) is 9.09. The number of hydrogen-bond acceptors (Lipinski definition) is 7. The van der Waals surface area contributed by atoms with Crippen LogP contribution in [-0.2, 0) is 20.7 Å². The first-order valence-corrected chi connectivity index (χ1v) is 11.9. The van der Waals surface area contributed by atoms with E-state index in [2.05, 4.69) is 4.74 Å². The van der Waals surface area contributed by atoms with E-state index in [1.165, 1.54) is 7.11 Å². The summed E-state index contributed by atoms with van der Waals surface area (Å²) in [4.78, 5) is 27.5. The van der Waals surface area contributed by atoms with Crippen molar-refractivity contribution in [3.8, 4) is 5.75 Å². The lowest BCUT2D eigenvalue weighted by molar-refractivity contribution is -0.142. The van der Waals surface area contributed by atoms with Crippen molar-refractivity contribution in [2.24, 2.45) is 17.4 Å². The molecule has 2 fully saturated rings. The minimum absolute atomic E-state index is 0.162. The molecule has 2 heterocycles. The number of cyclic esters (lactones) is 1. The van der Waals surface area contributed by atoms with Crippen molar-refractivity contribution in [3.63, 3.8) is 0 Å². The van der Waals surface area contributed by atoms with E-state index in [4.69, 9.17) is 26.4 Å². The van der Waals surface area contributed by atoms with Crippen LogP contribution in [0.2, 0.25) is 0 Å². The van der Waals surface area contributed by atoms with Crippen LogP contribution in [-0.4, -0.2) is 72.9 Å². The van der Waals surface area contributed by atoms with Gasteiger partial charge >= 0.3 is 12.1 Å². The Morgan fingerprint density at radius 3 is 2.53 bits per heavy atom. The molecule has 2 saturated heterocycles.